The van der Waals surface area contributed by atoms with E-state index >= 15 is 0 Å². The number of aliphatic hydroxyl groups is 1. The van der Waals surface area contributed by atoms with E-state index in [0.717, 1.165) is 0 Å². The summed E-state index contributed by atoms with van der Waals surface area (Å²) < 4.78 is 22.3. The highest BCUT2D eigenvalue weighted by Crippen LogP contribution is 2.15. The largest absolute Gasteiger partial charge is 0.461 e. The van der Waals surface area contributed by atoms with Crippen LogP contribution in [0.4, 0.5) is 4.39 Å². The summed E-state index contributed by atoms with van der Waals surface area (Å²) in [6.07, 6.45) is -2.14. The van der Waals surface area contributed by atoms with Crippen molar-refractivity contribution in [1.82, 2.24) is 0 Å². The molecule has 1 rings (SSSR count). The first-order chi connectivity index (χ1) is 7.67. The van der Waals surface area contributed by atoms with Gasteiger partial charge in [0.1, 0.15) is 5.75 Å². The highest BCUT2D eigenvalue weighted by Gasteiger charge is 2.20. The maximum Gasteiger partial charge on any atom is 0.381 e. The van der Waals surface area contributed by atoms with Gasteiger partial charge in [0.05, 0.1) is 13.2 Å². The Morgan fingerprint density at radius 1 is 1.56 bits per heavy atom. The van der Waals surface area contributed by atoms with Crippen LogP contribution in [0.2, 0.25) is 0 Å². The van der Waals surface area contributed by atoms with Gasteiger partial charge in [-0.1, -0.05) is 12.1 Å². The zero-order valence-electron chi connectivity index (χ0n) is 8.85. The summed E-state index contributed by atoms with van der Waals surface area (Å²) in [7, 11) is 0. The predicted octanol–water partition coefficient (Wildman–Crippen LogP) is 1.42. The van der Waals surface area contributed by atoms with Gasteiger partial charge in [0, 0.05) is 0 Å². The third-order valence-electron chi connectivity index (χ3n) is 1.79. The standard InChI is InChI=1S/C11H13FO4/c1-2-15-11(14)10(12)16-9-5-3-4-8(6-9)7-13/h3-6,10,13H,2,7H2,1H3. The molecule has 1 atom stereocenters. The number of hydrogen-bond donors (Lipinski definition) is 1. The Kier molecular flexibility index (Phi) is 4.72. The van der Waals surface area contributed by atoms with E-state index in [9.17, 15) is 9.18 Å². The molecule has 0 aliphatic carbocycles. The van der Waals surface area contributed by atoms with Crippen LogP contribution in [0.3, 0.4) is 0 Å². The molecule has 0 aliphatic rings. The predicted molar refractivity (Wildman–Crippen MR) is 54.5 cm³/mol. The summed E-state index contributed by atoms with van der Waals surface area (Å²) in [6, 6.07) is 6.19. The number of hydrogen-bond acceptors (Lipinski definition) is 4. The van der Waals surface area contributed by atoms with Crippen LogP contribution in [0.25, 0.3) is 0 Å². The van der Waals surface area contributed by atoms with Crippen LogP contribution in [0, 0.1) is 0 Å². The number of carbonyl (C=O) groups excluding carboxylic acids is 1. The SMILES string of the molecule is CCOC(=O)C(F)Oc1cccc(CO)c1. The second kappa shape index (κ2) is 6.07. The van der Waals surface area contributed by atoms with Gasteiger partial charge in [-0.25, -0.2) is 4.79 Å². The smallest absolute Gasteiger partial charge is 0.381 e. The van der Waals surface area contributed by atoms with E-state index in [2.05, 4.69) is 4.74 Å². The monoisotopic (exact) mass is 228 g/mol. The molecule has 0 spiro atoms. The maximum absolute atomic E-state index is 13.1. The summed E-state index contributed by atoms with van der Waals surface area (Å²) >= 11 is 0. The number of aliphatic hydroxyl groups excluding tert-OH is 1. The Labute approximate surface area is 92.6 Å². The molecule has 16 heavy (non-hydrogen) atoms. The van der Waals surface area contributed by atoms with Gasteiger partial charge in [-0.05, 0) is 24.6 Å². The molecule has 0 radical (unpaired) electrons. The van der Waals surface area contributed by atoms with Gasteiger partial charge in [0.15, 0.2) is 0 Å². The van der Waals surface area contributed by atoms with Gasteiger partial charge in [0.25, 0.3) is 0 Å². The van der Waals surface area contributed by atoms with Crippen LogP contribution in [-0.2, 0) is 16.1 Å². The minimum absolute atomic E-state index is 0.0965. The van der Waals surface area contributed by atoms with Crippen molar-refractivity contribution in [2.75, 3.05) is 6.61 Å². The molecule has 1 unspecified atom stereocenters. The fraction of sp³-hybridized carbons (Fsp3) is 0.364. The van der Waals surface area contributed by atoms with Crippen molar-refractivity contribution in [1.29, 1.82) is 0 Å². The lowest BCUT2D eigenvalue weighted by Gasteiger charge is -2.10. The lowest BCUT2D eigenvalue weighted by molar-refractivity contribution is -0.159. The Morgan fingerprint density at radius 2 is 2.31 bits per heavy atom. The second-order valence-corrected chi connectivity index (χ2v) is 2.99. The van der Waals surface area contributed by atoms with Crippen LogP contribution < -0.4 is 4.74 Å². The normalized spacial score (nSPS) is 11.9. The summed E-state index contributed by atoms with van der Waals surface area (Å²) in [4.78, 5) is 10.9. The highest BCUT2D eigenvalue weighted by atomic mass is 19.1. The first-order valence-corrected chi connectivity index (χ1v) is 4.84. The van der Waals surface area contributed by atoms with Crippen molar-refractivity contribution in [3.63, 3.8) is 0 Å². The summed E-state index contributed by atoms with van der Waals surface area (Å²) in [5, 5.41) is 8.85. The summed E-state index contributed by atoms with van der Waals surface area (Å²) in [6.45, 7) is 1.50. The minimum Gasteiger partial charge on any atom is -0.461 e. The number of halogens is 1. The minimum atomic E-state index is -2.14. The molecule has 0 aromatic heterocycles. The average molecular weight is 228 g/mol. The van der Waals surface area contributed by atoms with Crippen LogP contribution in [-0.4, -0.2) is 24.0 Å². The zero-order valence-corrected chi connectivity index (χ0v) is 8.85. The quantitative estimate of drug-likeness (QED) is 0.774. The van der Waals surface area contributed by atoms with E-state index < -0.39 is 12.3 Å². The van der Waals surface area contributed by atoms with Gasteiger partial charge >= 0.3 is 12.3 Å². The van der Waals surface area contributed by atoms with Crippen molar-refractivity contribution >= 4 is 5.97 Å². The van der Waals surface area contributed by atoms with Crippen LogP contribution >= 0.6 is 0 Å². The third kappa shape index (κ3) is 3.51. The molecule has 4 nitrogen and oxygen atoms in total. The first kappa shape index (κ1) is 12.4. The van der Waals surface area contributed by atoms with Gasteiger partial charge in [0.2, 0.25) is 0 Å². The van der Waals surface area contributed by atoms with E-state index in [4.69, 9.17) is 9.84 Å². The van der Waals surface area contributed by atoms with E-state index in [1.165, 1.54) is 12.1 Å². The first-order valence-electron chi connectivity index (χ1n) is 4.84. The topological polar surface area (TPSA) is 55.8 Å². The van der Waals surface area contributed by atoms with Crippen LogP contribution in [0.5, 0.6) is 5.75 Å². The van der Waals surface area contributed by atoms with Gasteiger partial charge in [-0.15, -0.1) is 0 Å². The third-order valence-corrected chi connectivity index (χ3v) is 1.79. The number of carbonyl (C=O) groups is 1. The van der Waals surface area contributed by atoms with Crippen molar-refractivity contribution in [2.45, 2.75) is 19.9 Å². The molecule has 0 saturated carbocycles. The van der Waals surface area contributed by atoms with E-state index in [1.807, 2.05) is 0 Å². The Hall–Kier alpha value is -1.62. The van der Waals surface area contributed by atoms with Gasteiger partial charge in [-0.2, -0.15) is 4.39 Å². The van der Waals surface area contributed by atoms with Crippen LogP contribution in [0.1, 0.15) is 12.5 Å². The molecule has 88 valence electrons. The Morgan fingerprint density at radius 3 is 2.94 bits per heavy atom. The van der Waals surface area contributed by atoms with Gasteiger partial charge < -0.3 is 14.6 Å². The maximum atomic E-state index is 13.1. The Bertz CT molecular complexity index is 354. The Balaban J connectivity index is 2.61. The molecule has 0 bridgehead atoms. The molecule has 1 N–H and O–H groups in total. The molecule has 0 aliphatic heterocycles. The molecule has 0 fully saturated rings. The van der Waals surface area contributed by atoms with Crippen molar-refractivity contribution < 1.29 is 23.8 Å². The fourth-order valence-corrected chi connectivity index (χ4v) is 1.09. The molecule has 1 aromatic rings. The molecular formula is C11H13FO4. The summed E-state index contributed by atoms with van der Waals surface area (Å²) in [5.74, 6) is -0.885. The van der Waals surface area contributed by atoms with Crippen LogP contribution in [0.15, 0.2) is 24.3 Å². The van der Waals surface area contributed by atoms with Crippen molar-refractivity contribution in [2.24, 2.45) is 0 Å². The second-order valence-electron chi connectivity index (χ2n) is 2.99. The van der Waals surface area contributed by atoms with Crippen molar-refractivity contribution in [3.8, 4) is 5.75 Å². The lowest BCUT2D eigenvalue weighted by atomic mass is 10.2. The number of ether oxygens (including phenoxy) is 2. The van der Waals surface area contributed by atoms with Gasteiger partial charge in [-0.3, -0.25) is 0 Å². The molecule has 0 heterocycles. The zero-order chi connectivity index (χ0) is 12.0. The van der Waals surface area contributed by atoms with E-state index in [0.29, 0.717) is 5.56 Å². The summed E-state index contributed by atoms with van der Waals surface area (Å²) in [5.41, 5.74) is 0.577. The molecular weight excluding hydrogens is 215 g/mol. The van der Waals surface area contributed by atoms with E-state index in [1.54, 1.807) is 19.1 Å². The molecule has 1 aromatic carbocycles. The highest BCUT2D eigenvalue weighted by molar-refractivity contribution is 5.73. The number of benzene rings is 1. The average Bonchev–Trinajstić information content (AvgIpc) is 2.29. The molecule has 5 heteroatoms. The number of rotatable bonds is 5. The van der Waals surface area contributed by atoms with Crippen molar-refractivity contribution in [3.05, 3.63) is 29.8 Å². The lowest BCUT2D eigenvalue weighted by Crippen LogP contribution is -2.24. The number of esters is 1. The fourth-order valence-electron chi connectivity index (χ4n) is 1.09. The van der Waals surface area contributed by atoms with E-state index in [-0.39, 0.29) is 19.0 Å². The molecule has 0 amide bonds. The number of alkyl halides is 1. The molecule has 0 saturated heterocycles.